The van der Waals surface area contributed by atoms with Gasteiger partial charge < -0.3 is 14.6 Å². The number of piperidine rings is 1. The van der Waals surface area contributed by atoms with Crippen LogP contribution in [0, 0.1) is 0 Å². The number of fused-ring (bicyclic) bond motifs is 1. The molecule has 7 nitrogen and oxygen atoms in total. The number of hydrogen-bond donors (Lipinski definition) is 1. The quantitative estimate of drug-likeness (QED) is 0.487. The molecule has 1 N–H and O–H groups in total. The normalized spacial score (nSPS) is 17.9. The molecule has 34 heavy (non-hydrogen) atoms. The minimum absolute atomic E-state index is 0.613. The van der Waals surface area contributed by atoms with Crippen LogP contribution >= 0.6 is 0 Å². The first-order valence-corrected chi connectivity index (χ1v) is 12.2. The minimum Gasteiger partial charge on any atom is -0.378 e. The van der Waals surface area contributed by atoms with E-state index in [0.717, 1.165) is 87.2 Å². The molecule has 1 aromatic carbocycles. The lowest BCUT2D eigenvalue weighted by Crippen LogP contribution is -2.37. The van der Waals surface area contributed by atoms with Gasteiger partial charge in [0.1, 0.15) is 11.6 Å². The number of likely N-dealkylation sites (tertiary alicyclic amines) is 1. The molecule has 6 rings (SSSR count). The van der Waals surface area contributed by atoms with Crippen LogP contribution in [0.25, 0.3) is 22.2 Å². The zero-order valence-electron chi connectivity index (χ0n) is 19.4. The van der Waals surface area contributed by atoms with Gasteiger partial charge in [-0.25, -0.2) is 9.97 Å². The summed E-state index contributed by atoms with van der Waals surface area (Å²) in [7, 11) is 0. The molecule has 0 unspecified atom stereocenters. The zero-order chi connectivity index (χ0) is 22.7. The Kier molecular flexibility index (Phi) is 5.95. The van der Waals surface area contributed by atoms with E-state index in [1.54, 1.807) is 0 Å². The Morgan fingerprint density at radius 3 is 2.59 bits per heavy atom. The monoisotopic (exact) mass is 454 g/mol. The number of aromatic amines is 1. The number of anilines is 1. The lowest BCUT2D eigenvalue weighted by molar-refractivity contribution is 0.122. The fraction of sp³-hybridized carbons (Fsp3) is 0.370. The van der Waals surface area contributed by atoms with E-state index in [1.165, 1.54) is 10.9 Å². The molecule has 0 amide bonds. The molecule has 0 radical (unpaired) electrons. The van der Waals surface area contributed by atoms with Crippen LogP contribution in [0.4, 0.5) is 5.82 Å². The van der Waals surface area contributed by atoms with Gasteiger partial charge in [0.05, 0.1) is 25.5 Å². The second-order valence-corrected chi connectivity index (χ2v) is 9.20. The van der Waals surface area contributed by atoms with Crippen molar-refractivity contribution in [3.8, 4) is 11.3 Å². The molecule has 2 aliphatic rings. The Bertz CT molecular complexity index is 1240. The summed E-state index contributed by atoms with van der Waals surface area (Å²) in [6, 6.07) is 14.9. The fourth-order valence-corrected chi connectivity index (χ4v) is 5.22. The molecule has 7 heteroatoms. The first-order valence-electron chi connectivity index (χ1n) is 12.2. The molecule has 4 aromatic rings. The number of hydrogen-bond acceptors (Lipinski definition) is 6. The highest BCUT2D eigenvalue weighted by Crippen LogP contribution is 2.31. The molecule has 5 heterocycles. The highest BCUT2D eigenvalue weighted by atomic mass is 16.5. The Hall–Kier alpha value is -3.29. The minimum atomic E-state index is 0.613. The lowest BCUT2D eigenvalue weighted by Gasteiger charge is -2.32. The number of aromatic nitrogens is 4. The van der Waals surface area contributed by atoms with Crippen molar-refractivity contribution in [3.63, 3.8) is 0 Å². The number of benzene rings is 1. The van der Waals surface area contributed by atoms with Crippen molar-refractivity contribution in [2.24, 2.45) is 0 Å². The third kappa shape index (κ3) is 4.41. The summed E-state index contributed by atoms with van der Waals surface area (Å²) < 4.78 is 5.58. The Labute approximate surface area is 199 Å². The van der Waals surface area contributed by atoms with Crippen molar-refractivity contribution >= 4 is 16.7 Å². The number of ether oxygens (including phenoxy) is 1. The number of nitrogens with zero attached hydrogens (tertiary/aromatic N) is 5. The van der Waals surface area contributed by atoms with Gasteiger partial charge in [-0.15, -0.1) is 0 Å². The molecule has 2 saturated heterocycles. The third-order valence-electron chi connectivity index (χ3n) is 7.10. The zero-order valence-corrected chi connectivity index (χ0v) is 19.4. The molecule has 2 aliphatic heterocycles. The van der Waals surface area contributed by atoms with E-state index >= 15 is 0 Å². The van der Waals surface area contributed by atoms with Crippen LogP contribution in [0.5, 0.6) is 0 Å². The first-order chi connectivity index (χ1) is 16.8. The predicted octanol–water partition coefficient (Wildman–Crippen LogP) is 4.24. The van der Waals surface area contributed by atoms with Crippen LogP contribution in [0.3, 0.4) is 0 Å². The van der Waals surface area contributed by atoms with E-state index in [0.29, 0.717) is 5.92 Å². The van der Waals surface area contributed by atoms with Crippen molar-refractivity contribution in [2.75, 3.05) is 44.3 Å². The average Bonchev–Trinajstić information content (AvgIpc) is 3.39. The summed E-state index contributed by atoms with van der Waals surface area (Å²) in [4.78, 5) is 22.4. The van der Waals surface area contributed by atoms with E-state index in [2.05, 4.69) is 62.2 Å². The van der Waals surface area contributed by atoms with Crippen molar-refractivity contribution in [1.29, 1.82) is 0 Å². The fourth-order valence-electron chi connectivity index (χ4n) is 5.22. The van der Waals surface area contributed by atoms with Crippen molar-refractivity contribution < 1.29 is 4.74 Å². The highest BCUT2D eigenvalue weighted by molar-refractivity contribution is 5.94. The van der Waals surface area contributed by atoms with E-state index in [4.69, 9.17) is 14.7 Å². The number of pyridine rings is 1. The molecule has 0 spiro atoms. The predicted molar refractivity (Wildman–Crippen MR) is 134 cm³/mol. The van der Waals surface area contributed by atoms with Crippen LogP contribution in [0.2, 0.25) is 0 Å². The Balaban J connectivity index is 1.27. The van der Waals surface area contributed by atoms with E-state index < -0.39 is 0 Å². The van der Waals surface area contributed by atoms with Crippen molar-refractivity contribution in [2.45, 2.75) is 25.3 Å². The van der Waals surface area contributed by atoms with Crippen LogP contribution in [0.15, 0.2) is 61.1 Å². The van der Waals surface area contributed by atoms with E-state index in [-0.39, 0.29) is 0 Å². The number of H-pyrrole nitrogens is 1. The number of rotatable bonds is 5. The topological polar surface area (TPSA) is 70.2 Å². The van der Waals surface area contributed by atoms with Crippen LogP contribution in [-0.2, 0) is 11.3 Å². The summed E-state index contributed by atoms with van der Waals surface area (Å²) in [6.07, 6.45) is 8.11. The van der Waals surface area contributed by atoms with Gasteiger partial charge in [-0.05, 0) is 61.7 Å². The molecule has 0 aliphatic carbocycles. The van der Waals surface area contributed by atoms with E-state index in [9.17, 15) is 0 Å². The van der Waals surface area contributed by atoms with Gasteiger partial charge >= 0.3 is 0 Å². The molecule has 174 valence electrons. The van der Waals surface area contributed by atoms with Crippen LogP contribution in [0.1, 0.15) is 30.1 Å². The number of morpholine rings is 1. The molecule has 0 saturated carbocycles. The third-order valence-corrected chi connectivity index (χ3v) is 7.10. The molecule has 2 fully saturated rings. The Morgan fingerprint density at radius 1 is 0.941 bits per heavy atom. The van der Waals surface area contributed by atoms with Gasteiger partial charge in [-0.2, -0.15) is 0 Å². The van der Waals surface area contributed by atoms with Gasteiger partial charge in [0.15, 0.2) is 0 Å². The summed E-state index contributed by atoms with van der Waals surface area (Å²) in [5.41, 5.74) is 4.67. The highest BCUT2D eigenvalue weighted by Gasteiger charge is 2.23. The molecule has 0 bridgehead atoms. The smallest absolute Gasteiger partial charge is 0.145 e. The molecule has 0 atom stereocenters. The summed E-state index contributed by atoms with van der Waals surface area (Å²) in [6.45, 7) is 6.09. The van der Waals surface area contributed by atoms with Gasteiger partial charge in [0, 0.05) is 54.2 Å². The standard InChI is InChI=1S/C27H30N6O/c1-2-22(23-6-11-29-24(23)3-1)25-18-27(33-14-16-34-17-15-33)31-26(30-25)19-32-12-7-21(8-13-32)20-4-9-28-10-5-20/h1-6,9-11,18,21,29H,7-8,12-17,19H2. The first kappa shape index (κ1) is 21.3. The van der Waals surface area contributed by atoms with Crippen LogP contribution in [-0.4, -0.2) is 64.2 Å². The van der Waals surface area contributed by atoms with Gasteiger partial charge in [0.2, 0.25) is 0 Å². The SMILES string of the molecule is c1cc(-c2cc(N3CCOCC3)nc(CN3CCC(c4ccncc4)CC3)n2)c2cc[nH]c2c1. The molecular weight excluding hydrogens is 424 g/mol. The lowest BCUT2D eigenvalue weighted by atomic mass is 9.90. The number of nitrogens with one attached hydrogen (secondary N) is 1. The largest absolute Gasteiger partial charge is 0.378 e. The van der Waals surface area contributed by atoms with Gasteiger partial charge in [-0.1, -0.05) is 12.1 Å². The van der Waals surface area contributed by atoms with Crippen molar-refractivity contribution in [3.05, 3.63) is 72.4 Å². The van der Waals surface area contributed by atoms with E-state index in [1.807, 2.05) is 18.6 Å². The maximum Gasteiger partial charge on any atom is 0.145 e. The maximum atomic E-state index is 5.58. The average molecular weight is 455 g/mol. The summed E-state index contributed by atoms with van der Waals surface area (Å²) in [5, 5.41) is 1.19. The second kappa shape index (κ2) is 9.52. The maximum absolute atomic E-state index is 5.58. The summed E-state index contributed by atoms with van der Waals surface area (Å²) in [5.74, 6) is 2.51. The van der Waals surface area contributed by atoms with Crippen molar-refractivity contribution in [1.82, 2.24) is 24.8 Å². The van der Waals surface area contributed by atoms with Crippen LogP contribution < -0.4 is 4.90 Å². The molecule has 3 aromatic heterocycles. The summed E-state index contributed by atoms with van der Waals surface area (Å²) >= 11 is 0. The second-order valence-electron chi connectivity index (χ2n) is 9.20. The Morgan fingerprint density at radius 2 is 1.76 bits per heavy atom. The van der Waals surface area contributed by atoms with Gasteiger partial charge in [-0.3, -0.25) is 9.88 Å². The van der Waals surface area contributed by atoms with Gasteiger partial charge in [0.25, 0.3) is 0 Å². The molecular formula is C27H30N6O.